The van der Waals surface area contributed by atoms with Gasteiger partial charge in [0.2, 0.25) is 0 Å². The van der Waals surface area contributed by atoms with Gasteiger partial charge in [-0.1, -0.05) is 6.92 Å². The normalized spacial score (nSPS) is 25.8. The molecule has 1 fully saturated rings. The fraction of sp³-hybridized carbons (Fsp3) is 0.714. The summed E-state index contributed by atoms with van der Waals surface area (Å²) in [5.41, 5.74) is 0. The van der Waals surface area contributed by atoms with E-state index in [0.29, 0.717) is 6.42 Å². The van der Waals surface area contributed by atoms with Crippen molar-refractivity contribution in [3.05, 3.63) is 0 Å². The largest absolute Gasteiger partial charge is 0.628 e. The first-order chi connectivity index (χ1) is 6.06. The van der Waals surface area contributed by atoms with Crippen molar-refractivity contribution in [2.24, 2.45) is 5.92 Å². The van der Waals surface area contributed by atoms with Crippen molar-refractivity contribution in [3.8, 4) is 0 Å². The highest BCUT2D eigenvalue weighted by Crippen LogP contribution is 2.12. The zero-order valence-electron chi connectivity index (χ0n) is 7.69. The fourth-order valence-corrected chi connectivity index (χ4v) is 1.24. The minimum Gasteiger partial charge on any atom is -0.495 e. The third-order valence-electron chi connectivity index (χ3n) is 2.09. The molecule has 1 aliphatic heterocycles. The highest BCUT2D eigenvalue weighted by molar-refractivity contribution is 6.43. The maximum Gasteiger partial charge on any atom is 0.628 e. The van der Waals surface area contributed by atoms with E-state index in [1.807, 2.05) is 0 Å². The Morgan fingerprint density at radius 3 is 2.85 bits per heavy atom. The average molecular weight is 185 g/mol. The molecular formula is C7H12BNO4. The Kier molecular flexibility index (Phi) is 3.05. The van der Waals surface area contributed by atoms with E-state index in [2.05, 4.69) is 4.65 Å². The smallest absolute Gasteiger partial charge is 0.495 e. The Labute approximate surface area is 76.8 Å². The third-order valence-corrected chi connectivity index (χ3v) is 2.09. The summed E-state index contributed by atoms with van der Waals surface area (Å²) in [4.78, 5) is 23.8. The lowest BCUT2D eigenvalue weighted by Crippen LogP contribution is -2.39. The number of ketones is 1. The SMILES string of the molecule is CCC1C(=O)CN(C)B(O)OC1=O. The van der Waals surface area contributed by atoms with Gasteiger partial charge in [-0.15, -0.1) is 0 Å². The summed E-state index contributed by atoms with van der Waals surface area (Å²) in [5.74, 6) is -1.56. The number of nitrogens with zero attached hydrogens (tertiary/aromatic N) is 1. The van der Waals surface area contributed by atoms with Crippen LogP contribution in [-0.4, -0.2) is 42.4 Å². The van der Waals surface area contributed by atoms with Crippen LogP contribution in [-0.2, 0) is 14.2 Å². The van der Waals surface area contributed by atoms with E-state index in [0.717, 1.165) is 0 Å². The van der Waals surface area contributed by atoms with Gasteiger partial charge in [-0.05, 0) is 13.5 Å². The summed E-state index contributed by atoms with van der Waals surface area (Å²) in [6, 6.07) is 0. The maximum absolute atomic E-state index is 11.4. The van der Waals surface area contributed by atoms with E-state index in [-0.39, 0.29) is 12.3 Å². The van der Waals surface area contributed by atoms with Crippen molar-refractivity contribution in [3.63, 3.8) is 0 Å². The minimum absolute atomic E-state index is 0.0470. The van der Waals surface area contributed by atoms with Gasteiger partial charge in [-0.25, -0.2) is 0 Å². The predicted molar refractivity (Wildman–Crippen MR) is 45.5 cm³/mol. The molecule has 5 nitrogen and oxygen atoms in total. The number of hydrogen-bond donors (Lipinski definition) is 1. The van der Waals surface area contributed by atoms with E-state index >= 15 is 0 Å². The molecule has 0 bridgehead atoms. The van der Waals surface area contributed by atoms with Crippen LogP contribution in [0.2, 0.25) is 0 Å². The van der Waals surface area contributed by atoms with Gasteiger partial charge in [0.05, 0.1) is 6.54 Å². The summed E-state index contributed by atoms with van der Waals surface area (Å²) in [6.45, 7) is 1.78. The number of carbonyl (C=O) groups excluding carboxylic acids is 2. The molecule has 0 aromatic carbocycles. The third kappa shape index (κ3) is 2.08. The molecule has 72 valence electrons. The van der Waals surface area contributed by atoms with E-state index in [1.54, 1.807) is 6.92 Å². The van der Waals surface area contributed by atoms with Crippen LogP contribution in [0.1, 0.15) is 13.3 Å². The van der Waals surface area contributed by atoms with Gasteiger partial charge in [-0.2, -0.15) is 0 Å². The molecule has 0 aliphatic carbocycles. The molecule has 1 unspecified atom stereocenters. The van der Waals surface area contributed by atoms with Gasteiger partial charge >= 0.3 is 13.2 Å². The quantitative estimate of drug-likeness (QED) is 0.421. The second-order valence-electron chi connectivity index (χ2n) is 3.11. The van der Waals surface area contributed by atoms with Crippen LogP contribution in [0.5, 0.6) is 0 Å². The van der Waals surface area contributed by atoms with Crippen LogP contribution in [0.3, 0.4) is 0 Å². The molecule has 1 N–H and O–H groups in total. The standard InChI is InChI=1S/C7H12BNO4/c1-3-5-6(10)4-9(2)8(12)13-7(5)11/h5,12H,3-4H2,1-2H3. The van der Waals surface area contributed by atoms with Gasteiger partial charge < -0.3 is 9.68 Å². The molecule has 0 aromatic heterocycles. The van der Waals surface area contributed by atoms with Crippen LogP contribution in [0.4, 0.5) is 0 Å². The summed E-state index contributed by atoms with van der Waals surface area (Å²) in [5, 5.41) is 9.19. The number of Topliss-reactive ketones (excluding diaryl/α,β-unsaturated/α-hetero) is 1. The van der Waals surface area contributed by atoms with Crippen LogP contribution < -0.4 is 0 Å². The summed E-state index contributed by atoms with van der Waals surface area (Å²) in [7, 11) is 0.224. The molecule has 1 aliphatic rings. The Hall–Kier alpha value is -0.875. The van der Waals surface area contributed by atoms with Crippen LogP contribution in [0.15, 0.2) is 0 Å². The Morgan fingerprint density at radius 1 is 1.69 bits per heavy atom. The summed E-state index contributed by atoms with van der Waals surface area (Å²) < 4.78 is 4.62. The van der Waals surface area contributed by atoms with Crippen molar-refractivity contribution in [2.75, 3.05) is 13.6 Å². The lowest BCUT2D eigenvalue weighted by molar-refractivity contribution is -0.143. The molecule has 1 heterocycles. The fourth-order valence-electron chi connectivity index (χ4n) is 1.24. The molecule has 0 spiro atoms. The van der Waals surface area contributed by atoms with Gasteiger partial charge in [0.1, 0.15) is 5.92 Å². The van der Waals surface area contributed by atoms with Gasteiger partial charge in [-0.3, -0.25) is 14.4 Å². The number of rotatable bonds is 1. The lowest BCUT2D eigenvalue weighted by atomic mass is 10.0. The first kappa shape index (κ1) is 10.2. The molecule has 1 atom stereocenters. The molecule has 0 saturated carbocycles. The van der Waals surface area contributed by atoms with E-state index < -0.39 is 19.1 Å². The number of likely N-dealkylation sites (N-methyl/N-ethyl adjacent to an activating group) is 1. The molecular weight excluding hydrogens is 173 g/mol. The Balaban J connectivity index is 2.80. The van der Waals surface area contributed by atoms with Crippen molar-refractivity contribution < 1.29 is 19.3 Å². The minimum atomic E-state index is -1.30. The zero-order valence-corrected chi connectivity index (χ0v) is 7.69. The predicted octanol–water partition coefficient (Wildman–Crippen LogP) is -0.952. The van der Waals surface area contributed by atoms with Crippen molar-refractivity contribution in [1.29, 1.82) is 0 Å². The van der Waals surface area contributed by atoms with Gasteiger partial charge in [0.25, 0.3) is 0 Å². The first-order valence-corrected chi connectivity index (χ1v) is 4.17. The summed E-state index contributed by atoms with van der Waals surface area (Å²) in [6.07, 6.45) is 0.415. The van der Waals surface area contributed by atoms with E-state index in [9.17, 15) is 14.6 Å². The molecule has 1 rings (SSSR count). The molecule has 1 saturated heterocycles. The number of carbonyl (C=O) groups is 2. The van der Waals surface area contributed by atoms with Crippen molar-refractivity contribution in [2.45, 2.75) is 13.3 Å². The maximum atomic E-state index is 11.4. The van der Waals surface area contributed by atoms with Crippen LogP contribution >= 0.6 is 0 Å². The number of hydrogen-bond acceptors (Lipinski definition) is 5. The van der Waals surface area contributed by atoms with E-state index in [1.165, 1.54) is 11.9 Å². The Bertz CT molecular complexity index is 211. The second kappa shape index (κ2) is 3.89. The highest BCUT2D eigenvalue weighted by atomic mass is 16.6. The van der Waals surface area contributed by atoms with E-state index in [4.69, 9.17) is 0 Å². The molecule has 13 heavy (non-hydrogen) atoms. The van der Waals surface area contributed by atoms with Crippen molar-refractivity contribution in [1.82, 2.24) is 4.81 Å². The van der Waals surface area contributed by atoms with Crippen LogP contribution in [0.25, 0.3) is 0 Å². The highest BCUT2D eigenvalue weighted by Gasteiger charge is 2.38. The lowest BCUT2D eigenvalue weighted by Gasteiger charge is -2.12. The van der Waals surface area contributed by atoms with Gasteiger partial charge in [0, 0.05) is 0 Å². The second-order valence-corrected chi connectivity index (χ2v) is 3.11. The topological polar surface area (TPSA) is 66.8 Å². The van der Waals surface area contributed by atoms with Crippen LogP contribution in [0, 0.1) is 5.92 Å². The molecule has 0 aromatic rings. The van der Waals surface area contributed by atoms with Gasteiger partial charge in [0.15, 0.2) is 5.78 Å². The Morgan fingerprint density at radius 2 is 2.31 bits per heavy atom. The zero-order chi connectivity index (χ0) is 10.0. The molecule has 0 radical (unpaired) electrons. The molecule has 0 amide bonds. The first-order valence-electron chi connectivity index (χ1n) is 4.17. The monoisotopic (exact) mass is 185 g/mol. The summed E-state index contributed by atoms with van der Waals surface area (Å²) >= 11 is 0. The average Bonchev–Trinajstić information content (AvgIpc) is 2.11. The molecule has 6 heteroatoms. The van der Waals surface area contributed by atoms with Crippen molar-refractivity contribution >= 4 is 19.0 Å².